The second-order valence-electron chi connectivity index (χ2n) is 4.36. The molecule has 2 unspecified atom stereocenters. The van der Waals surface area contributed by atoms with Crippen LogP contribution in [0.4, 0.5) is 5.82 Å². The predicted molar refractivity (Wildman–Crippen MR) is 69.1 cm³/mol. The first-order chi connectivity index (χ1) is 8.99. The molecule has 1 heterocycles. The van der Waals surface area contributed by atoms with Gasteiger partial charge in [-0.15, -0.1) is 0 Å². The highest BCUT2D eigenvalue weighted by molar-refractivity contribution is 6.42. The van der Waals surface area contributed by atoms with Crippen LogP contribution in [0.15, 0.2) is 6.33 Å². The molecule has 0 bridgehead atoms. The van der Waals surface area contributed by atoms with Crippen LogP contribution in [0.2, 0.25) is 10.2 Å². The molecule has 6 nitrogen and oxygen atoms in total. The van der Waals surface area contributed by atoms with Gasteiger partial charge in [0.2, 0.25) is 5.91 Å². The second kappa shape index (κ2) is 5.71. The first kappa shape index (κ1) is 14.0. The zero-order valence-electron chi connectivity index (χ0n) is 9.77. The molecular weight excluding hydrogens is 293 g/mol. The van der Waals surface area contributed by atoms with E-state index >= 15 is 0 Å². The first-order valence-corrected chi connectivity index (χ1v) is 6.44. The average molecular weight is 304 g/mol. The molecule has 0 radical (unpaired) electrons. The number of nitrogens with one attached hydrogen (secondary N) is 1. The summed E-state index contributed by atoms with van der Waals surface area (Å²) in [5.41, 5.74) is 0. The quantitative estimate of drug-likeness (QED) is 0.835. The Kier molecular flexibility index (Phi) is 4.21. The number of hydrogen-bond donors (Lipinski definition) is 2. The molecule has 0 aliphatic heterocycles. The van der Waals surface area contributed by atoms with E-state index in [-0.39, 0.29) is 27.8 Å². The van der Waals surface area contributed by atoms with Gasteiger partial charge in [0, 0.05) is 5.92 Å². The minimum Gasteiger partial charge on any atom is -0.481 e. The van der Waals surface area contributed by atoms with Crippen LogP contribution in [-0.4, -0.2) is 27.0 Å². The van der Waals surface area contributed by atoms with Gasteiger partial charge in [0.05, 0.1) is 5.92 Å². The topological polar surface area (TPSA) is 92.2 Å². The van der Waals surface area contributed by atoms with Gasteiger partial charge in [0.1, 0.15) is 11.3 Å². The van der Waals surface area contributed by atoms with Crippen molar-refractivity contribution in [3.63, 3.8) is 0 Å². The molecular formula is C11H11Cl2N3O3. The first-order valence-electron chi connectivity index (χ1n) is 5.68. The number of carboxylic acid groups (broad SMARTS) is 1. The molecule has 2 N–H and O–H groups in total. The van der Waals surface area contributed by atoms with E-state index in [2.05, 4.69) is 15.3 Å². The van der Waals surface area contributed by atoms with Crippen molar-refractivity contribution < 1.29 is 14.7 Å². The highest BCUT2D eigenvalue weighted by atomic mass is 35.5. The lowest BCUT2D eigenvalue weighted by Gasteiger charge is -2.11. The van der Waals surface area contributed by atoms with Crippen LogP contribution in [0.5, 0.6) is 0 Å². The summed E-state index contributed by atoms with van der Waals surface area (Å²) in [6, 6.07) is 0. The van der Waals surface area contributed by atoms with Crippen LogP contribution in [0, 0.1) is 11.8 Å². The number of carboxylic acids is 1. The van der Waals surface area contributed by atoms with E-state index in [1.807, 2.05) is 0 Å². The Bertz CT molecular complexity index is 524. The van der Waals surface area contributed by atoms with E-state index in [0.29, 0.717) is 19.3 Å². The molecule has 2 atom stereocenters. The summed E-state index contributed by atoms with van der Waals surface area (Å²) in [6.45, 7) is 0. The Labute approximate surface area is 119 Å². The lowest BCUT2D eigenvalue weighted by molar-refractivity contribution is -0.141. The summed E-state index contributed by atoms with van der Waals surface area (Å²) < 4.78 is 0. The molecule has 1 amide bonds. The van der Waals surface area contributed by atoms with Crippen molar-refractivity contribution in [3.05, 3.63) is 16.5 Å². The summed E-state index contributed by atoms with van der Waals surface area (Å²) in [5, 5.41) is 11.6. The molecule has 2 rings (SSSR count). The van der Waals surface area contributed by atoms with Crippen LogP contribution in [-0.2, 0) is 9.59 Å². The Morgan fingerprint density at radius 1 is 1.26 bits per heavy atom. The molecule has 1 aliphatic carbocycles. The summed E-state index contributed by atoms with van der Waals surface area (Å²) in [7, 11) is 0. The van der Waals surface area contributed by atoms with Crippen molar-refractivity contribution in [3.8, 4) is 0 Å². The normalized spacial score (nSPS) is 22.2. The molecule has 19 heavy (non-hydrogen) atoms. The van der Waals surface area contributed by atoms with E-state index in [1.54, 1.807) is 0 Å². The average Bonchev–Trinajstić information content (AvgIpc) is 2.84. The Morgan fingerprint density at radius 2 is 1.95 bits per heavy atom. The zero-order valence-corrected chi connectivity index (χ0v) is 11.3. The van der Waals surface area contributed by atoms with Gasteiger partial charge in [-0.05, 0) is 19.3 Å². The largest absolute Gasteiger partial charge is 0.481 e. The second-order valence-corrected chi connectivity index (χ2v) is 5.10. The Hall–Kier alpha value is -1.40. The number of nitrogens with zero attached hydrogens (tertiary/aromatic N) is 2. The number of carbonyl (C=O) groups excluding carboxylic acids is 1. The lowest BCUT2D eigenvalue weighted by atomic mass is 10.0. The highest BCUT2D eigenvalue weighted by Gasteiger charge is 2.34. The maximum absolute atomic E-state index is 12.0. The number of carbonyl (C=O) groups is 2. The maximum atomic E-state index is 12.0. The highest BCUT2D eigenvalue weighted by Crippen LogP contribution is 2.33. The van der Waals surface area contributed by atoms with Crippen molar-refractivity contribution in [1.82, 2.24) is 9.97 Å². The number of halogens is 2. The number of anilines is 1. The summed E-state index contributed by atoms with van der Waals surface area (Å²) >= 11 is 11.6. The van der Waals surface area contributed by atoms with Gasteiger partial charge >= 0.3 is 5.97 Å². The van der Waals surface area contributed by atoms with Crippen molar-refractivity contribution in [1.29, 1.82) is 0 Å². The van der Waals surface area contributed by atoms with E-state index in [9.17, 15) is 9.59 Å². The third kappa shape index (κ3) is 3.13. The molecule has 1 aromatic heterocycles. The minimum atomic E-state index is -0.863. The van der Waals surface area contributed by atoms with Crippen LogP contribution in [0.3, 0.4) is 0 Å². The van der Waals surface area contributed by atoms with Crippen molar-refractivity contribution in [2.45, 2.75) is 19.3 Å². The SMILES string of the molecule is O=C(O)C1CCC(C(=O)Nc2ncnc(Cl)c2Cl)C1. The standard InChI is InChI=1S/C11H11Cl2N3O3/c12-7-8(13)14-4-15-9(7)16-10(17)5-1-2-6(3-5)11(18)19/h4-6H,1-3H2,(H,18,19)(H,14,15,16,17). The third-order valence-electron chi connectivity index (χ3n) is 3.14. The zero-order chi connectivity index (χ0) is 14.0. The van der Waals surface area contributed by atoms with Crippen molar-refractivity contribution >= 4 is 40.9 Å². The van der Waals surface area contributed by atoms with Gasteiger partial charge in [-0.3, -0.25) is 9.59 Å². The van der Waals surface area contributed by atoms with Gasteiger partial charge in [-0.1, -0.05) is 23.2 Å². The fourth-order valence-electron chi connectivity index (χ4n) is 2.10. The summed E-state index contributed by atoms with van der Waals surface area (Å²) in [4.78, 5) is 30.3. The molecule has 102 valence electrons. The van der Waals surface area contributed by atoms with Gasteiger partial charge < -0.3 is 10.4 Å². The molecule has 1 fully saturated rings. The van der Waals surface area contributed by atoms with E-state index in [1.165, 1.54) is 6.33 Å². The number of rotatable bonds is 3. The molecule has 0 spiro atoms. The number of aromatic nitrogens is 2. The van der Waals surface area contributed by atoms with Gasteiger partial charge in [-0.25, -0.2) is 9.97 Å². The van der Waals surface area contributed by atoms with Crippen molar-refractivity contribution in [2.24, 2.45) is 11.8 Å². The molecule has 1 aromatic rings. The minimum absolute atomic E-state index is 0.0572. The van der Waals surface area contributed by atoms with Crippen LogP contribution in [0.1, 0.15) is 19.3 Å². The molecule has 0 aromatic carbocycles. The van der Waals surface area contributed by atoms with Crippen LogP contribution >= 0.6 is 23.2 Å². The predicted octanol–water partition coefficient (Wildman–Crippen LogP) is 2.22. The monoisotopic (exact) mass is 303 g/mol. The maximum Gasteiger partial charge on any atom is 0.306 e. The number of hydrogen-bond acceptors (Lipinski definition) is 4. The van der Waals surface area contributed by atoms with Gasteiger partial charge in [-0.2, -0.15) is 0 Å². The Morgan fingerprint density at radius 3 is 2.58 bits per heavy atom. The third-order valence-corrected chi connectivity index (χ3v) is 3.88. The fraction of sp³-hybridized carbons (Fsp3) is 0.455. The number of aliphatic carboxylic acids is 1. The van der Waals surface area contributed by atoms with Crippen LogP contribution in [0.25, 0.3) is 0 Å². The molecule has 0 saturated heterocycles. The summed E-state index contributed by atoms with van der Waals surface area (Å²) in [6.07, 6.45) is 2.57. The van der Waals surface area contributed by atoms with E-state index < -0.39 is 11.9 Å². The van der Waals surface area contributed by atoms with E-state index in [0.717, 1.165) is 0 Å². The van der Waals surface area contributed by atoms with Gasteiger partial charge in [0.15, 0.2) is 11.0 Å². The molecule has 8 heteroatoms. The number of amides is 1. The molecule has 1 saturated carbocycles. The smallest absolute Gasteiger partial charge is 0.306 e. The Balaban J connectivity index is 2.02. The lowest BCUT2D eigenvalue weighted by Crippen LogP contribution is -2.22. The van der Waals surface area contributed by atoms with E-state index in [4.69, 9.17) is 28.3 Å². The van der Waals surface area contributed by atoms with Crippen LogP contribution < -0.4 is 5.32 Å². The van der Waals surface area contributed by atoms with Gasteiger partial charge in [0.25, 0.3) is 0 Å². The molecule has 1 aliphatic rings. The summed E-state index contributed by atoms with van der Waals surface area (Å²) in [5.74, 6) is -1.81. The van der Waals surface area contributed by atoms with Crippen molar-refractivity contribution in [2.75, 3.05) is 5.32 Å². The fourth-order valence-corrected chi connectivity index (χ4v) is 2.38.